The Bertz CT molecular complexity index is 876. The Balaban J connectivity index is 1.42. The first kappa shape index (κ1) is 15.7. The SMILES string of the molecule is O=C(COc1cccc2ccccc12)Nc1ccnn1C1CCCC1. The second-order valence-electron chi connectivity index (χ2n) is 6.41. The number of aromatic nitrogens is 2. The van der Waals surface area contributed by atoms with Crippen LogP contribution in [0.15, 0.2) is 54.7 Å². The lowest BCUT2D eigenvalue weighted by molar-refractivity contribution is -0.118. The summed E-state index contributed by atoms with van der Waals surface area (Å²) in [4.78, 5) is 12.3. The maximum Gasteiger partial charge on any atom is 0.263 e. The van der Waals surface area contributed by atoms with Gasteiger partial charge in [0.1, 0.15) is 11.6 Å². The molecule has 128 valence electrons. The molecule has 0 bridgehead atoms. The molecule has 1 aromatic heterocycles. The van der Waals surface area contributed by atoms with Crippen LogP contribution in [0.2, 0.25) is 0 Å². The summed E-state index contributed by atoms with van der Waals surface area (Å²) in [6.45, 7) is -0.0240. The van der Waals surface area contributed by atoms with Crippen molar-refractivity contribution >= 4 is 22.5 Å². The fourth-order valence-corrected chi connectivity index (χ4v) is 3.50. The molecule has 1 N–H and O–H groups in total. The Labute approximate surface area is 146 Å². The minimum Gasteiger partial charge on any atom is -0.483 e. The molecule has 1 heterocycles. The molecule has 1 fully saturated rings. The average Bonchev–Trinajstić information content (AvgIpc) is 3.31. The van der Waals surface area contributed by atoms with Gasteiger partial charge >= 0.3 is 0 Å². The van der Waals surface area contributed by atoms with Crippen molar-refractivity contribution in [3.05, 3.63) is 54.7 Å². The predicted octanol–water partition coefficient (Wildman–Crippen LogP) is 4.17. The molecule has 2 aromatic carbocycles. The fraction of sp³-hybridized carbons (Fsp3) is 0.300. The van der Waals surface area contributed by atoms with Gasteiger partial charge in [-0.25, -0.2) is 4.68 Å². The van der Waals surface area contributed by atoms with E-state index in [9.17, 15) is 4.79 Å². The Morgan fingerprint density at radius 1 is 1.12 bits per heavy atom. The summed E-state index contributed by atoms with van der Waals surface area (Å²) < 4.78 is 7.69. The number of hydrogen-bond donors (Lipinski definition) is 1. The number of nitrogens with one attached hydrogen (secondary N) is 1. The van der Waals surface area contributed by atoms with Crippen molar-refractivity contribution in [2.75, 3.05) is 11.9 Å². The summed E-state index contributed by atoms with van der Waals surface area (Å²) in [6.07, 6.45) is 6.43. The number of nitrogens with zero attached hydrogens (tertiary/aromatic N) is 2. The maximum absolute atomic E-state index is 12.3. The summed E-state index contributed by atoms with van der Waals surface area (Å²) in [5.74, 6) is 1.30. The van der Waals surface area contributed by atoms with E-state index in [4.69, 9.17) is 4.74 Å². The van der Waals surface area contributed by atoms with Crippen molar-refractivity contribution < 1.29 is 9.53 Å². The zero-order valence-corrected chi connectivity index (χ0v) is 14.0. The zero-order chi connectivity index (χ0) is 17.1. The third-order valence-electron chi connectivity index (χ3n) is 4.72. The van der Waals surface area contributed by atoms with Crippen molar-refractivity contribution in [1.29, 1.82) is 0 Å². The average molecular weight is 335 g/mol. The van der Waals surface area contributed by atoms with Crippen LogP contribution in [-0.2, 0) is 4.79 Å². The molecule has 0 unspecified atom stereocenters. The van der Waals surface area contributed by atoms with Crippen molar-refractivity contribution in [2.45, 2.75) is 31.7 Å². The van der Waals surface area contributed by atoms with E-state index < -0.39 is 0 Å². The number of hydrogen-bond acceptors (Lipinski definition) is 3. The zero-order valence-electron chi connectivity index (χ0n) is 14.0. The Morgan fingerprint density at radius 2 is 1.92 bits per heavy atom. The van der Waals surface area contributed by atoms with E-state index in [-0.39, 0.29) is 12.5 Å². The van der Waals surface area contributed by atoms with Gasteiger partial charge in [0.25, 0.3) is 5.91 Å². The van der Waals surface area contributed by atoms with Crippen molar-refractivity contribution in [2.24, 2.45) is 0 Å². The van der Waals surface area contributed by atoms with Crippen LogP contribution in [0.1, 0.15) is 31.7 Å². The molecule has 0 atom stereocenters. The van der Waals surface area contributed by atoms with Gasteiger partial charge in [-0.1, -0.05) is 49.2 Å². The summed E-state index contributed by atoms with van der Waals surface area (Å²) in [5, 5.41) is 9.40. The summed E-state index contributed by atoms with van der Waals surface area (Å²) in [5.41, 5.74) is 0. The largest absolute Gasteiger partial charge is 0.483 e. The first-order valence-electron chi connectivity index (χ1n) is 8.75. The van der Waals surface area contributed by atoms with Crippen LogP contribution in [0.3, 0.4) is 0 Å². The van der Waals surface area contributed by atoms with Gasteiger partial charge in [0.15, 0.2) is 6.61 Å². The standard InChI is InChI=1S/C20H21N3O2/c24-20(22-19-12-13-21-23(19)16-8-2-3-9-16)14-25-18-11-5-7-15-6-1-4-10-17(15)18/h1,4-7,10-13,16H,2-3,8-9,14H2,(H,22,24). The summed E-state index contributed by atoms with van der Waals surface area (Å²) >= 11 is 0. The Morgan fingerprint density at radius 3 is 2.80 bits per heavy atom. The van der Waals surface area contributed by atoms with E-state index in [1.54, 1.807) is 6.20 Å². The summed E-state index contributed by atoms with van der Waals surface area (Å²) in [7, 11) is 0. The second kappa shape index (κ2) is 6.97. The highest BCUT2D eigenvalue weighted by molar-refractivity contribution is 5.92. The van der Waals surface area contributed by atoms with Gasteiger partial charge in [0, 0.05) is 11.5 Å². The minimum absolute atomic E-state index is 0.0240. The normalized spacial score (nSPS) is 14.7. The molecular weight excluding hydrogens is 314 g/mol. The van der Waals surface area contributed by atoms with E-state index in [1.807, 2.05) is 53.2 Å². The third kappa shape index (κ3) is 3.36. The van der Waals surface area contributed by atoms with Gasteiger partial charge in [-0.2, -0.15) is 5.10 Å². The topological polar surface area (TPSA) is 56.1 Å². The molecule has 5 nitrogen and oxygen atoms in total. The molecule has 0 saturated heterocycles. The molecule has 1 amide bonds. The molecule has 1 saturated carbocycles. The molecule has 3 aromatic rings. The van der Waals surface area contributed by atoms with Crippen LogP contribution < -0.4 is 10.1 Å². The van der Waals surface area contributed by atoms with Crippen molar-refractivity contribution in [1.82, 2.24) is 9.78 Å². The highest BCUT2D eigenvalue weighted by atomic mass is 16.5. The molecule has 25 heavy (non-hydrogen) atoms. The van der Waals surface area contributed by atoms with Gasteiger partial charge in [-0.05, 0) is 24.3 Å². The number of benzene rings is 2. The molecule has 0 aliphatic heterocycles. The van der Waals surface area contributed by atoms with E-state index >= 15 is 0 Å². The van der Waals surface area contributed by atoms with E-state index in [0.717, 1.165) is 35.2 Å². The first-order valence-corrected chi connectivity index (χ1v) is 8.75. The number of rotatable bonds is 5. The van der Waals surface area contributed by atoms with E-state index in [1.165, 1.54) is 12.8 Å². The second-order valence-corrected chi connectivity index (χ2v) is 6.41. The van der Waals surface area contributed by atoms with Gasteiger partial charge in [-0.3, -0.25) is 4.79 Å². The van der Waals surface area contributed by atoms with Crippen molar-refractivity contribution in [3.63, 3.8) is 0 Å². The van der Waals surface area contributed by atoms with Gasteiger partial charge in [0.05, 0.1) is 12.2 Å². The molecule has 1 aliphatic carbocycles. The molecule has 0 radical (unpaired) electrons. The van der Waals surface area contributed by atoms with Crippen LogP contribution in [-0.4, -0.2) is 22.3 Å². The predicted molar refractivity (Wildman–Crippen MR) is 97.8 cm³/mol. The highest BCUT2D eigenvalue weighted by Gasteiger charge is 2.20. The van der Waals surface area contributed by atoms with Gasteiger partial charge < -0.3 is 10.1 Å². The lowest BCUT2D eigenvalue weighted by Crippen LogP contribution is -2.23. The molecule has 0 spiro atoms. The minimum atomic E-state index is -0.173. The van der Waals surface area contributed by atoms with E-state index in [2.05, 4.69) is 10.4 Å². The van der Waals surface area contributed by atoms with Crippen LogP contribution >= 0.6 is 0 Å². The van der Waals surface area contributed by atoms with E-state index in [0.29, 0.717) is 6.04 Å². The molecular formula is C20H21N3O2. The quantitative estimate of drug-likeness (QED) is 0.761. The maximum atomic E-state index is 12.3. The number of carbonyl (C=O) groups excluding carboxylic acids is 1. The molecule has 4 rings (SSSR count). The fourth-order valence-electron chi connectivity index (χ4n) is 3.50. The Kier molecular flexibility index (Phi) is 4.37. The lowest BCUT2D eigenvalue weighted by atomic mass is 10.1. The number of carbonyl (C=O) groups is 1. The van der Waals surface area contributed by atoms with Gasteiger partial charge in [0.2, 0.25) is 0 Å². The number of amides is 1. The third-order valence-corrected chi connectivity index (χ3v) is 4.72. The molecule has 5 heteroatoms. The monoisotopic (exact) mass is 335 g/mol. The van der Waals surface area contributed by atoms with Crippen LogP contribution in [0.4, 0.5) is 5.82 Å². The smallest absolute Gasteiger partial charge is 0.263 e. The van der Waals surface area contributed by atoms with Gasteiger partial charge in [-0.15, -0.1) is 0 Å². The first-order chi connectivity index (χ1) is 12.3. The number of anilines is 1. The van der Waals surface area contributed by atoms with Crippen molar-refractivity contribution in [3.8, 4) is 5.75 Å². The number of fused-ring (bicyclic) bond motifs is 1. The number of ether oxygens (including phenoxy) is 1. The lowest BCUT2D eigenvalue weighted by Gasteiger charge is -2.15. The van der Waals surface area contributed by atoms with Crippen LogP contribution in [0, 0.1) is 0 Å². The Hall–Kier alpha value is -2.82. The van der Waals surface area contributed by atoms with Crippen LogP contribution in [0.25, 0.3) is 10.8 Å². The van der Waals surface area contributed by atoms with Crippen LogP contribution in [0.5, 0.6) is 5.75 Å². The molecule has 1 aliphatic rings. The summed E-state index contributed by atoms with van der Waals surface area (Å²) in [6, 6.07) is 16.1. The highest BCUT2D eigenvalue weighted by Crippen LogP contribution is 2.31.